The molecule has 1 unspecified atom stereocenters. The Bertz CT molecular complexity index is 881. The van der Waals surface area contributed by atoms with Gasteiger partial charge in [-0.2, -0.15) is 0 Å². The number of benzene rings is 2. The summed E-state index contributed by atoms with van der Waals surface area (Å²) in [5, 5.41) is 17.1. The van der Waals surface area contributed by atoms with E-state index in [1.165, 1.54) is 7.11 Å². The summed E-state index contributed by atoms with van der Waals surface area (Å²) in [6, 6.07) is 11.6. The van der Waals surface area contributed by atoms with Crippen molar-refractivity contribution in [3.8, 4) is 23.0 Å². The number of para-hydroxylation sites is 1. The van der Waals surface area contributed by atoms with E-state index in [1.54, 1.807) is 20.3 Å². The van der Waals surface area contributed by atoms with Crippen LogP contribution in [-0.2, 0) is 6.54 Å². The second-order valence-corrected chi connectivity index (χ2v) is 7.31. The Morgan fingerprint density at radius 3 is 2.52 bits per heavy atom. The molecule has 1 aliphatic rings. The average molecular weight is 429 g/mol. The van der Waals surface area contributed by atoms with Crippen LogP contribution in [0.15, 0.2) is 41.4 Å². The highest BCUT2D eigenvalue weighted by Gasteiger charge is 2.24. The first-order valence-electron chi connectivity index (χ1n) is 10.5. The van der Waals surface area contributed by atoms with Gasteiger partial charge in [-0.05, 0) is 19.4 Å². The monoisotopic (exact) mass is 428 g/mol. The number of anilines is 1. The van der Waals surface area contributed by atoms with Gasteiger partial charge in [-0.1, -0.05) is 12.1 Å². The van der Waals surface area contributed by atoms with Crippen molar-refractivity contribution >= 4 is 11.6 Å². The Hall–Kier alpha value is -3.29. The van der Waals surface area contributed by atoms with Gasteiger partial charge >= 0.3 is 0 Å². The maximum Gasteiger partial charge on any atom is 0.191 e. The smallest absolute Gasteiger partial charge is 0.191 e. The standard InChI is InChI=1S/C23H32N4O4/c1-5-24-23(25-14-16-7-6-8-21(31-4)22(16)28)26-17-9-10-27(15-17)18-11-19(29-2)13-20(12-18)30-3/h6-8,11-13,17,28H,5,9-10,14-15H2,1-4H3,(H2,24,25,26). The van der Waals surface area contributed by atoms with Crippen molar-refractivity contribution < 1.29 is 19.3 Å². The Balaban J connectivity index is 1.67. The lowest BCUT2D eigenvalue weighted by atomic mass is 10.2. The van der Waals surface area contributed by atoms with Gasteiger partial charge in [0.2, 0.25) is 0 Å². The van der Waals surface area contributed by atoms with Crippen molar-refractivity contribution in [2.24, 2.45) is 4.99 Å². The number of nitrogens with zero attached hydrogens (tertiary/aromatic N) is 2. The van der Waals surface area contributed by atoms with E-state index in [-0.39, 0.29) is 11.8 Å². The molecule has 168 valence electrons. The fraction of sp³-hybridized carbons (Fsp3) is 0.435. The zero-order valence-corrected chi connectivity index (χ0v) is 18.6. The second kappa shape index (κ2) is 10.7. The van der Waals surface area contributed by atoms with Crippen LogP contribution in [0.1, 0.15) is 18.9 Å². The summed E-state index contributed by atoms with van der Waals surface area (Å²) in [6.45, 7) is 4.89. The van der Waals surface area contributed by atoms with Gasteiger partial charge in [0.15, 0.2) is 17.5 Å². The molecule has 0 aromatic heterocycles. The van der Waals surface area contributed by atoms with E-state index < -0.39 is 0 Å². The summed E-state index contributed by atoms with van der Waals surface area (Å²) >= 11 is 0. The van der Waals surface area contributed by atoms with Gasteiger partial charge in [-0.15, -0.1) is 0 Å². The van der Waals surface area contributed by atoms with Crippen LogP contribution in [0.2, 0.25) is 0 Å². The second-order valence-electron chi connectivity index (χ2n) is 7.31. The molecule has 0 spiro atoms. The number of hydrogen-bond acceptors (Lipinski definition) is 6. The van der Waals surface area contributed by atoms with Gasteiger partial charge < -0.3 is 34.9 Å². The molecule has 1 heterocycles. The van der Waals surface area contributed by atoms with Crippen LogP contribution in [0.4, 0.5) is 5.69 Å². The molecule has 3 N–H and O–H groups in total. The van der Waals surface area contributed by atoms with Crippen molar-refractivity contribution in [3.63, 3.8) is 0 Å². The first kappa shape index (κ1) is 22.4. The molecule has 1 atom stereocenters. The topological polar surface area (TPSA) is 87.6 Å². The molecular weight excluding hydrogens is 396 g/mol. The van der Waals surface area contributed by atoms with Gasteiger partial charge in [-0.25, -0.2) is 4.99 Å². The first-order chi connectivity index (χ1) is 15.1. The molecule has 1 fully saturated rings. The molecule has 1 saturated heterocycles. The maximum absolute atomic E-state index is 10.3. The Morgan fingerprint density at radius 1 is 1.13 bits per heavy atom. The van der Waals surface area contributed by atoms with Crippen LogP contribution in [0, 0.1) is 0 Å². The van der Waals surface area contributed by atoms with Crippen LogP contribution >= 0.6 is 0 Å². The van der Waals surface area contributed by atoms with Crippen molar-refractivity contribution in [2.45, 2.75) is 25.9 Å². The van der Waals surface area contributed by atoms with E-state index in [1.807, 2.05) is 37.3 Å². The minimum absolute atomic E-state index is 0.128. The molecule has 3 rings (SSSR count). The highest BCUT2D eigenvalue weighted by Crippen LogP contribution is 2.31. The number of phenolic OH excluding ortho intramolecular Hbond substituents is 1. The molecule has 2 aromatic carbocycles. The molecule has 2 aromatic rings. The fourth-order valence-corrected chi connectivity index (χ4v) is 3.63. The third-order valence-corrected chi connectivity index (χ3v) is 5.28. The molecule has 0 bridgehead atoms. The van der Waals surface area contributed by atoms with E-state index in [0.29, 0.717) is 17.9 Å². The van der Waals surface area contributed by atoms with Crippen LogP contribution in [0.5, 0.6) is 23.0 Å². The van der Waals surface area contributed by atoms with Gasteiger partial charge in [0.05, 0.1) is 27.9 Å². The Kier molecular flexibility index (Phi) is 7.70. The van der Waals surface area contributed by atoms with E-state index >= 15 is 0 Å². The number of rotatable bonds is 8. The van der Waals surface area contributed by atoms with E-state index in [4.69, 9.17) is 14.2 Å². The van der Waals surface area contributed by atoms with Gasteiger partial charge in [0.1, 0.15) is 11.5 Å². The SMILES string of the molecule is CCNC(=NCc1cccc(OC)c1O)NC1CCN(c2cc(OC)cc(OC)c2)C1. The number of ether oxygens (including phenoxy) is 3. The molecule has 1 aliphatic heterocycles. The van der Waals surface area contributed by atoms with Crippen molar-refractivity contribution in [1.82, 2.24) is 10.6 Å². The highest BCUT2D eigenvalue weighted by molar-refractivity contribution is 5.80. The molecule has 0 radical (unpaired) electrons. The van der Waals surface area contributed by atoms with Crippen LogP contribution in [0.3, 0.4) is 0 Å². The number of aromatic hydroxyl groups is 1. The lowest BCUT2D eigenvalue weighted by Crippen LogP contribution is -2.44. The third-order valence-electron chi connectivity index (χ3n) is 5.28. The predicted octanol–water partition coefficient (Wildman–Crippen LogP) is 2.75. The minimum Gasteiger partial charge on any atom is -0.504 e. The first-order valence-corrected chi connectivity index (χ1v) is 10.5. The quantitative estimate of drug-likeness (QED) is 0.440. The number of hydrogen-bond donors (Lipinski definition) is 3. The maximum atomic E-state index is 10.3. The van der Waals surface area contributed by atoms with Crippen molar-refractivity contribution in [1.29, 1.82) is 0 Å². The summed E-state index contributed by atoms with van der Waals surface area (Å²) in [6.07, 6.45) is 0.981. The molecular formula is C23H32N4O4. The van der Waals surface area contributed by atoms with Crippen molar-refractivity contribution in [2.75, 3.05) is 45.9 Å². The van der Waals surface area contributed by atoms with Crippen LogP contribution in [0.25, 0.3) is 0 Å². The van der Waals surface area contributed by atoms with E-state index in [0.717, 1.165) is 49.2 Å². The zero-order valence-electron chi connectivity index (χ0n) is 18.6. The molecule has 8 heteroatoms. The zero-order chi connectivity index (χ0) is 22.2. The van der Waals surface area contributed by atoms with E-state index in [2.05, 4.69) is 20.5 Å². The number of nitrogens with one attached hydrogen (secondary N) is 2. The summed E-state index contributed by atoms with van der Waals surface area (Å²) < 4.78 is 16.0. The van der Waals surface area contributed by atoms with Gasteiger partial charge in [0.25, 0.3) is 0 Å². The van der Waals surface area contributed by atoms with Gasteiger partial charge in [0, 0.05) is 55.1 Å². The Labute approximate surface area is 183 Å². The molecule has 0 saturated carbocycles. The van der Waals surface area contributed by atoms with Gasteiger partial charge in [-0.3, -0.25) is 0 Å². The summed E-state index contributed by atoms with van der Waals surface area (Å²) in [4.78, 5) is 6.96. The summed E-state index contributed by atoms with van der Waals surface area (Å²) in [5.41, 5.74) is 1.79. The van der Waals surface area contributed by atoms with Crippen molar-refractivity contribution in [3.05, 3.63) is 42.0 Å². The minimum atomic E-state index is 0.128. The number of guanidine groups is 1. The summed E-state index contributed by atoms with van der Waals surface area (Å²) in [7, 11) is 4.86. The average Bonchev–Trinajstić information content (AvgIpc) is 3.26. The number of aliphatic imine (C=N–C) groups is 1. The normalized spacial score (nSPS) is 16.2. The third kappa shape index (κ3) is 5.65. The number of phenols is 1. The van der Waals surface area contributed by atoms with Crippen LogP contribution < -0.4 is 29.7 Å². The highest BCUT2D eigenvalue weighted by atomic mass is 16.5. The lowest BCUT2D eigenvalue weighted by Gasteiger charge is -2.21. The molecule has 31 heavy (non-hydrogen) atoms. The summed E-state index contributed by atoms with van der Waals surface area (Å²) in [5.74, 6) is 2.85. The molecule has 8 nitrogen and oxygen atoms in total. The molecule has 0 amide bonds. The van der Waals surface area contributed by atoms with Crippen LogP contribution in [-0.4, -0.2) is 58.1 Å². The molecule has 0 aliphatic carbocycles. The number of methoxy groups -OCH3 is 3. The largest absolute Gasteiger partial charge is 0.504 e. The van der Waals surface area contributed by atoms with E-state index in [9.17, 15) is 5.11 Å². The lowest BCUT2D eigenvalue weighted by molar-refractivity contribution is 0.370. The Morgan fingerprint density at radius 2 is 1.87 bits per heavy atom. The fourth-order valence-electron chi connectivity index (χ4n) is 3.63. The predicted molar refractivity (Wildman–Crippen MR) is 123 cm³/mol.